The van der Waals surface area contributed by atoms with Crippen molar-refractivity contribution in [2.75, 3.05) is 26.1 Å². The molecule has 0 radical (unpaired) electrons. The fraction of sp³-hybridized carbons (Fsp3) is 0.286. The minimum absolute atomic E-state index is 0.583. The summed E-state index contributed by atoms with van der Waals surface area (Å²) in [5.74, 6) is 3.77. The van der Waals surface area contributed by atoms with Crippen LogP contribution in [0.5, 0.6) is 11.5 Å². The largest absolute Gasteiger partial charge is 0.493 e. The maximum absolute atomic E-state index is 5.55. The van der Waals surface area contributed by atoms with Crippen molar-refractivity contribution < 1.29 is 9.47 Å². The van der Waals surface area contributed by atoms with Crippen molar-refractivity contribution in [2.45, 2.75) is 20.4 Å². The monoisotopic (exact) mass is 394 g/mol. The van der Waals surface area contributed by atoms with E-state index in [4.69, 9.17) is 9.47 Å². The van der Waals surface area contributed by atoms with Crippen LogP contribution in [0.2, 0.25) is 0 Å². The Balaban J connectivity index is 1.61. The first kappa shape index (κ1) is 20.2. The Morgan fingerprint density at radius 1 is 1.17 bits per heavy atom. The van der Waals surface area contributed by atoms with E-state index in [1.54, 1.807) is 20.4 Å². The first-order valence-corrected chi connectivity index (χ1v) is 9.38. The first-order valence-electron chi connectivity index (χ1n) is 9.38. The molecule has 0 unspecified atom stereocenters. The number of hydrogen-bond donors (Lipinski definition) is 2. The molecule has 0 spiro atoms. The second kappa shape index (κ2) is 9.59. The maximum Gasteiger partial charge on any atom is 0.195 e. The van der Waals surface area contributed by atoms with Crippen LogP contribution < -0.4 is 20.1 Å². The molecular weight excluding hydrogens is 368 g/mol. The van der Waals surface area contributed by atoms with E-state index in [9.17, 15) is 0 Å². The number of imidazole rings is 1. The quantitative estimate of drug-likeness (QED) is 0.473. The smallest absolute Gasteiger partial charge is 0.195 e. The van der Waals surface area contributed by atoms with Crippen molar-refractivity contribution in [3.8, 4) is 17.3 Å². The zero-order chi connectivity index (χ0) is 20.6. The average Bonchev–Trinajstić information content (AvgIpc) is 3.18. The number of methoxy groups -OCH3 is 1. The fourth-order valence-electron chi connectivity index (χ4n) is 2.81. The van der Waals surface area contributed by atoms with Gasteiger partial charge in [-0.15, -0.1) is 0 Å². The van der Waals surface area contributed by atoms with Gasteiger partial charge >= 0.3 is 0 Å². The average molecular weight is 394 g/mol. The number of rotatable bonds is 7. The summed E-state index contributed by atoms with van der Waals surface area (Å²) in [7, 11) is 3.35. The number of aryl methyl sites for hydroxylation is 1. The molecule has 0 saturated heterocycles. The molecule has 0 aliphatic heterocycles. The Kier molecular flexibility index (Phi) is 6.67. The molecule has 8 heteroatoms. The van der Waals surface area contributed by atoms with E-state index in [-0.39, 0.29) is 0 Å². The third-order valence-electron chi connectivity index (χ3n) is 4.29. The first-order chi connectivity index (χ1) is 14.1. The molecule has 0 saturated carbocycles. The van der Waals surface area contributed by atoms with Gasteiger partial charge in [-0.2, -0.15) is 0 Å². The molecule has 0 amide bonds. The zero-order valence-electron chi connectivity index (χ0n) is 17.1. The predicted octanol–water partition coefficient (Wildman–Crippen LogP) is 3.17. The lowest BCUT2D eigenvalue weighted by atomic mass is 10.2. The van der Waals surface area contributed by atoms with E-state index in [0.717, 1.165) is 22.9 Å². The summed E-state index contributed by atoms with van der Waals surface area (Å²) in [5.41, 5.74) is 1.89. The maximum atomic E-state index is 5.55. The number of guanidine groups is 1. The Labute approximate surface area is 170 Å². The number of pyridine rings is 1. The van der Waals surface area contributed by atoms with Gasteiger partial charge in [0.15, 0.2) is 17.5 Å². The predicted molar refractivity (Wildman–Crippen MR) is 114 cm³/mol. The molecule has 8 nitrogen and oxygen atoms in total. The number of aromatic nitrogens is 3. The van der Waals surface area contributed by atoms with Gasteiger partial charge in [0.2, 0.25) is 0 Å². The van der Waals surface area contributed by atoms with Crippen LogP contribution in [-0.2, 0) is 6.54 Å². The van der Waals surface area contributed by atoms with Crippen LogP contribution >= 0.6 is 0 Å². The highest BCUT2D eigenvalue weighted by molar-refractivity contribution is 5.93. The van der Waals surface area contributed by atoms with Crippen molar-refractivity contribution in [1.29, 1.82) is 0 Å². The molecule has 0 aliphatic carbocycles. The number of nitrogens with one attached hydrogen (secondary N) is 2. The van der Waals surface area contributed by atoms with Crippen molar-refractivity contribution >= 4 is 11.6 Å². The number of nitrogens with zero attached hydrogens (tertiary/aromatic N) is 4. The summed E-state index contributed by atoms with van der Waals surface area (Å²) < 4.78 is 12.9. The van der Waals surface area contributed by atoms with E-state index < -0.39 is 0 Å². The minimum atomic E-state index is 0.583. The van der Waals surface area contributed by atoms with Crippen LogP contribution in [-0.4, -0.2) is 41.3 Å². The third-order valence-corrected chi connectivity index (χ3v) is 4.29. The van der Waals surface area contributed by atoms with Gasteiger partial charge in [0.25, 0.3) is 0 Å². The summed E-state index contributed by atoms with van der Waals surface area (Å²) >= 11 is 0. The summed E-state index contributed by atoms with van der Waals surface area (Å²) in [5, 5.41) is 6.54. The van der Waals surface area contributed by atoms with Crippen LogP contribution in [0.15, 0.2) is 53.9 Å². The van der Waals surface area contributed by atoms with E-state index in [0.29, 0.717) is 30.6 Å². The van der Waals surface area contributed by atoms with Gasteiger partial charge in [0.1, 0.15) is 11.6 Å². The lowest BCUT2D eigenvalue weighted by molar-refractivity contribution is 0.311. The second-order valence-electron chi connectivity index (χ2n) is 6.22. The van der Waals surface area contributed by atoms with Crippen LogP contribution in [0.25, 0.3) is 5.82 Å². The highest BCUT2D eigenvalue weighted by Gasteiger charge is 2.07. The molecule has 29 heavy (non-hydrogen) atoms. The summed E-state index contributed by atoms with van der Waals surface area (Å²) in [6.07, 6.45) is 5.50. The molecule has 1 aromatic carbocycles. The molecule has 0 aliphatic rings. The molecule has 2 N–H and O–H groups in total. The van der Waals surface area contributed by atoms with Gasteiger partial charge in [-0.05, 0) is 37.6 Å². The molecule has 0 bridgehead atoms. The second-order valence-corrected chi connectivity index (χ2v) is 6.22. The SMILES string of the molecule is CCOc1ccc(NC(=NC)NCc2ccc(-n3ccnc3C)nc2)cc1OC. The zero-order valence-corrected chi connectivity index (χ0v) is 17.1. The normalized spacial score (nSPS) is 11.2. The highest BCUT2D eigenvalue weighted by Crippen LogP contribution is 2.30. The van der Waals surface area contributed by atoms with Crippen molar-refractivity contribution in [2.24, 2.45) is 4.99 Å². The number of anilines is 1. The number of aliphatic imine (C=N–C) groups is 1. The molecule has 152 valence electrons. The standard InChI is InChI=1S/C21H26N6O2/c1-5-29-18-8-7-17(12-19(18)28-4)26-21(22-3)25-14-16-6-9-20(24-13-16)27-11-10-23-15(27)2/h6-13H,5,14H2,1-4H3,(H2,22,25,26). The lowest BCUT2D eigenvalue weighted by Gasteiger charge is -2.14. The molecule has 2 heterocycles. The molecule has 3 aromatic rings. The van der Waals surface area contributed by atoms with E-state index in [2.05, 4.69) is 25.6 Å². The van der Waals surface area contributed by atoms with Crippen LogP contribution in [0.1, 0.15) is 18.3 Å². The molecule has 2 aromatic heterocycles. The highest BCUT2D eigenvalue weighted by atomic mass is 16.5. The molecular formula is C21H26N6O2. The van der Waals surface area contributed by atoms with E-state index >= 15 is 0 Å². The van der Waals surface area contributed by atoms with Gasteiger partial charge in [-0.1, -0.05) is 6.07 Å². The topological polar surface area (TPSA) is 85.6 Å². The van der Waals surface area contributed by atoms with Crippen LogP contribution in [0.4, 0.5) is 5.69 Å². The fourth-order valence-corrected chi connectivity index (χ4v) is 2.81. The molecule has 0 atom stereocenters. The molecule has 0 fully saturated rings. The number of hydrogen-bond acceptors (Lipinski definition) is 5. The van der Waals surface area contributed by atoms with Crippen molar-refractivity contribution in [1.82, 2.24) is 19.9 Å². The number of benzene rings is 1. The van der Waals surface area contributed by atoms with E-state index in [1.807, 2.05) is 61.1 Å². The summed E-state index contributed by atoms with van der Waals surface area (Å²) in [4.78, 5) is 13.0. The van der Waals surface area contributed by atoms with E-state index in [1.165, 1.54) is 0 Å². The Morgan fingerprint density at radius 3 is 2.66 bits per heavy atom. The summed E-state index contributed by atoms with van der Waals surface area (Å²) in [6, 6.07) is 9.67. The van der Waals surface area contributed by atoms with Gasteiger partial charge in [-0.25, -0.2) is 9.97 Å². The third kappa shape index (κ3) is 5.04. The Bertz CT molecular complexity index is 966. The Morgan fingerprint density at radius 2 is 2.03 bits per heavy atom. The van der Waals surface area contributed by atoms with Gasteiger partial charge in [0, 0.05) is 43.9 Å². The van der Waals surface area contributed by atoms with Crippen LogP contribution in [0.3, 0.4) is 0 Å². The van der Waals surface area contributed by atoms with Gasteiger partial charge in [0.05, 0.1) is 13.7 Å². The van der Waals surface area contributed by atoms with Crippen molar-refractivity contribution in [3.63, 3.8) is 0 Å². The number of ether oxygens (including phenoxy) is 2. The van der Waals surface area contributed by atoms with Gasteiger partial charge in [-0.3, -0.25) is 9.56 Å². The van der Waals surface area contributed by atoms with Crippen molar-refractivity contribution in [3.05, 3.63) is 60.3 Å². The molecule has 3 rings (SSSR count). The Hall–Kier alpha value is -3.55. The summed E-state index contributed by atoms with van der Waals surface area (Å²) in [6.45, 7) is 5.06. The van der Waals surface area contributed by atoms with Crippen LogP contribution in [0, 0.1) is 6.92 Å². The minimum Gasteiger partial charge on any atom is -0.493 e. The lowest BCUT2D eigenvalue weighted by Crippen LogP contribution is -2.30. The van der Waals surface area contributed by atoms with Gasteiger partial charge < -0.3 is 20.1 Å².